The highest BCUT2D eigenvalue weighted by Crippen LogP contribution is 2.46. The van der Waals surface area contributed by atoms with Crippen molar-refractivity contribution in [2.45, 2.75) is 46.1 Å². The lowest BCUT2D eigenvalue weighted by molar-refractivity contribution is 0.0601. The molecule has 0 unspecified atom stereocenters. The average molecular weight is 435 g/mol. The lowest BCUT2D eigenvalue weighted by Gasteiger charge is -2.40. The van der Waals surface area contributed by atoms with Crippen LogP contribution in [0.4, 0.5) is 17.3 Å². The number of hydrogen-bond acceptors (Lipinski definition) is 5. The molecule has 0 aliphatic heterocycles. The van der Waals surface area contributed by atoms with Crippen LogP contribution in [0, 0.1) is 11.3 Å². The van der Waals surface area contributed by atoms with Crippen LogP contribution in [-0.2, 0) is 4.74 Å². The Bertz CT molecular complexity index is 1110. The van der Waals surface area contributed by atoms with Gasteiger partial charge in [0.1, 0.15) is 0 Å². The molecule has 0 radical (unpaired) electrons. The van der Waals surface area contributed by atoms with Crippen LogP contribution in [0.15, 0.2) is 42.5 Å². The van der Waals surface area contributed by atoms with Gasteiger partial charge in [-0.3, -0.25) is 0 Å². The standard InChI is InChI=1S/C26H34N4O2/c1-17-13-21(16-26(2,3)15-17)30-23-12-7-18(24(31)32-6)14-22(23)28-25(30)27-19-8-10-20(11-9-19)29(4)5/h7-12,14,17,21H,13,15-16H2,1-6H3,(H,27,28)/t17-,21-/m0/s1. The lowest BCUT2D eigenvalue weighted by Crippen LogP contribution is -2.29. The van der Waals surface area contributed by atoms with Crippen molar-refractivity contribution in [3.8, 4) is 0 Å². The number of benzene rings is 2. The van der Waals surface area contributed by atoms with E-state index in [1.54, 1.807) is 0 Å². The average Bonchev–Trinajstić information content (AvgIpc) is 3.09. The van der Waals surface area contributed by atoms with Crippen LogP contribution in [0.25, 0.3) is 11.0 Å². The van der Waals surface area contributed by atoms with E-state index in [9.17, 15) is 4.79 Å². The Labute approximate surface area is 190 Å². The zero-order valence-corrected chi connectivity index (χ0v) is 20.0. The summed E-state index contributed by atoms with van der Waals surface area (Å²) in [6.07, 6.45) is 3.44. The van der Waals surface area contributed by atoms with E-state index in [-0.39, 0.29) is 11.4 Å². The molecule has 6 nitrogen and oxygen atoms in total. The molecule has 0 amide bonds. The molecule has 1 saturated carbocycles. The number of nitrogens with zero attached hydrogens (tertiary/aromatic N) is 3. The van der Waals surface area contributed by atoms with Crippen LogP contribution in [-0.4, -0.2) is 36.7 Å². The van der Waals surface area contributed by atoms with Gasteiger partial charge in [-0.25, -0.2) is 9.78 Å². The summed E-state index contributed by atoms with van der Waals surface area (Å²) in [5, 5.41) is 3.55. The number of esters is 1. The molecule has 3 aromatic rings. The van der Waals surface area contributed by atoms with Crippen molar-refractivity contribution in [1.29, 1.82) is 0 Å². The van der Waals surface area contributed by atoms with Crippen LogP contribution in [0.2, 0.25) is 0 Å². The molecule has 0 bridgehead atoms. The Hall–Kier alpha value is -3.02. The van der Waals surface area contributed by atoms with Crippen LogP contribution < -0.4 is 10.2 Å². The number of methoxy groups -OCH3 is 1. The van der Waals surface area contributed by atoms with Gasteiger partial charge in [-0.2, -0.15) is 0 Å². The lowest BCUT2D eigenvalue weighted by atomic mass is 9.70. The van der Waals surface area contributed by atoms with Crippen molar-refractivity contribution in [3.05, 3.63) is 48.0 Å². The van der Waals surface area contributed by atoms with Crippen molar-refractivity contribution < 1.29 is 9.53 Å². The zero-order chi connectivity index (χ0) is 23.0. The maximum Gasteiger partial charge on any atom is 0.337 e. The van der Waals surface area contributed by atoms with Crippen molar-refractivity contribution in [2.24, 2.45) is 11.3 Å². The molecule has 2 aromatic carbocycles. The highest BCUT2D eigenvalue weighted by atomic mass is 16.5. The molecule has 1 aliphatic rings. The third-order valence-electron chi connectivity index (χ3n) is 6.48. The minimum Gasteiger partial charge on any atom is -0.465 e. The smallest absolute Gasteiger partial charge is 0.337 e. The second kappa shape index (κ2) is 8.49. The SMILES string of the molecule is COC(=O)c1ccc2c(c1)nc(Nc1ccc(N(C)C)cc1)n2[C@H]1C[C@H](C)CC(C)(C)C1. The molecule has 0 spiro atoms. The third-order valence-corrected chi connectivity index (χ3v) is 6.48. The molecule has 1 N–H and O–H groups in total. The normalized spacial score (nSPS) is 20.2. The number of rotatable bonds is 5. The molecule has 32 heavy (non-hydrogen) atoms. The van der Waals surface area contributed by atoms with Crippen molar-refractivity contribution in [2.75, 3.05) is 31.4 Å². The van der Waals surface area contributed by atoms with Gasteiger partial charge in [0, 0.05) is 31.5 Å². The molecule has 2 atom stereocenters. The summed E-state index contributed by atoms with van der Waals surface area (Å²) in [5.74, 6) is 1.11. The molecular formula is C26H34N4O2. The van der Waals surface area contributed by atoms with Gasteiger partial charge in [0.25, 0.3) is 0 Å². The molecule has 1 aliphatic carbocycles. The van der Waals surface area contributed by atoms with E-state index < -0.39 is 0 Å². The molecule has 4 rings (SSSR count). The van der Waals surface area contributed by atoms with Gasteiger partial charge >= 0.3 is 5.97 Å². The van der Waals surface area contributed by atoms with Crippen LogP contribution in [0.3, 0.4) is 0 Å². The minimum atomic E-state index is -0.345. The van der Waals surface area contributed by atoms with Gasteiger partial charge < -0.3 is 19.5 Å². The maximum atomic E-state index is 12.1. The summed E-state index contributed by atoms with van der Waals surface area (Å²) < 4.78 is 7.25. The van der Waals surface area contributed by atoms with Gasteiger partial charge in [0.15, 0.2) is 0 Å². The van der Waals surface area contributed by atoms with E-state index in [2.05, 4.69) is 59.8 Å². The first kappa shape index (κ1) is 22.2. The van der Waals surface area contributed by atoms with Gasteiger partial charge in [0.2, 0.25) is 5.95 Å². The van der Waals surface area contributed by atoms with Gasteiger partial charge in [-0.15, -0.1) is 0 Å². The Balaban J connectivity index is 1.78. The number of ether oxygens (including phenoxy) is 1. The van der Waals surface area contributed by atoms with Gasteiger partial charge in [0.05, 0.1) is 23.7 Å². The van der Waals surface area contributed by atoms with E-state index in [1.165, 1.54) is 13.5 Å². The fourth-order valence-electron chi connectivity index (χ4n) is 5.27. The second-order valence-corrected chi connectivity index (χ2v) is 10.1. The Kier molecular flexibility index (Phi) is 5.89. The summed E-state index contributed by atoms with van der Waals surface area (Å²) >= 11 is 0. The van der Waals surface area contributed by atoms with Gasteiger partial charge in [-0.05, 0) is 73.1 Å². The molecule has 0 saturated heterocycles. The number of carbonyl (C=O) groups is 1. The van der Waals surface area contributed by atoms with Crippen molar-refractivity contribution in [1.82, 2.24) is 9.55 Å². The van der Waals surface area contributed by atoms with Crippen molar-refractivity contribution in [3.63, 3.8) is 0 Å². The van der Waals surface area contributed by atoms with E-state index in [0.29, 0.717) is 17.5 Å². The quantitative estimate of drug-likeness (QED) is 0.498. The van der Waals surface area contributed by atoms with E-state index in [0.717, 1.165) is 41.2 Å². The first-order chi connectivity index (χ1) is 15.2. The third kappa shape index (κ3) is 4.45. The summed E-state index contributed by atoms with van der Waals surface area (Å²) in [6, 6.07) is 14.3. The maximum absolute atomic E-state index is 12.1. The molecule has 1 heterocycles. The zero-order valence-electron chi connectivity index (χ0n) is 20.0. The monoisotopic (exact) mass is 434 g/mol. The predicted octanol–water partition coefficient (Wildman–Crippen LogP) is 6.02. The number of nitrogens with one attached hydrogen (secondary N) is 1. The first-order valence-corrected chi connectivity index (χ1v) is 11.3. The molecule has 1 fully saturated rings. The summed E-state index contributed by atoms with van der Waals surface area (Å²) in [4.78, 5) is 19.1. The molecule has 170 valence electrons. The summed E-state index contributed by atoms with van der Waals surface area (Å²) in [6.45, 7) is 7.06. The predicted molar refractivity (Wildman–Crippen MR) is 131 cm³/mol. The Morgan fingerprint density at radius 3 is 2.50 bits per heavy atom. The largest absolute Gasteiger partial charge is 0.465 e. The molecule has 1 aromatic heterocycles. The van der Waals surface area contributed by atoms with Crippen LogP contribution in [0.1, 0.15) is 56.4 Å². The number of fused-ring (bicyclic) bond motifs is 1. The Morgan fingerprint density at radius 1 is 1.16 bits per heavy atom. The number of anilines is 3. The topological polar surface area (TPSA) is 59.4 Å². The van der Waals surface area contributed by atoms with Gasteiger partial charge in [-0.1, -0.05) is 20.8 Å². The fraction of sp³-hybridized carbons (Fsp3) is 0.462. The Morgan fingerprint density at radius 2 is 1.88 bits per heavy atom. The number of carbonyl (C=O) groups excluding carboxylic acids is 1. The second-order valence-electron chi connectivity index (χ2n) is 10.1. The highest BCUT2D eigenvalue weighted by Gasteiger charge is 2.34. The van der Waals surface area contributed by atoms with E-state index >= 15 is 0 Å². The van der Waals surface area contributed by atoms with Crippen molar-refractivity contribution >= 4 is 34.3 Å². The van der Waals surface area contributed by atoms with Crippen LogP contribution in [0.5, 0.6) is 0 Å². The molecular weight excluding hydrogens is 400 g/mol. The number of hydrogen-bond donors (Lipinski definition) is 1. The summed E-state index contributed by atoms with van der Waals surface area (Å²) in [5.41, 5.74) is 4.77. The number of imidazole rings is 1. The fourth-order valence-corrected chi connectivity index (χ4v) is 5.27. The summed E-state index contributed by atoms with van der Waals surface area (Å²) in [7, 11) is 5.47. The molecule has 6 heteroatoms. The van der Waals surface area contributed by atoms with E-state index in [1.807, 2.05) is 32.3 Å². The van der Waals surface area contributed by atoms with Crippen LogP contribution >= 0.6 is 0 Å². The number of aromatic nitrogens is 2. The highest BCUT2D eigenvalue weighted by molar-refractivity contribution is 5.94. The first-order valence-electron chi connectivity index (χ1n) is 11.3. The minimum absolute atomic E-state index is 0.273. The van der Waals surface area contributed by atoms with E-state index in [4.69, 9.17) is 9.72 Å².